The van der Waals surface area contributed by atoms with Crippen molar-refractivity contribution in [2.75, 3.05) is 17.2 Å². The minimum atomic E-state index is -0.252. The SMILES string of the molecule is Cc1nc2cc(Oc3ccc(Nc4ncnc5ccc(NC6NC(C)(C)CO6)cc45)cc3C)ccc2o1. The van der Waals surface area contributed by atoms with Gasteiger partial charge in [-0.05, 0) is 74.9 Å². The predicted octanol–water partition coefficient (Wildman–Crippen LogP) is 6.02. The molecular weight excluding hydrogens is 468 g/mol. The van der Waals surface area contributed by atoms with Crippen molar-refractivity contribution in [3.8, 4) is 11.5 Å². The van der Waals surface area contributed by atoms with Gasteiger partial charge in [0.1, 0.15) is 29.2 Å². The maximum Gasteiger partial charge on any atom is 0.192 e. The van der Waals surface area contributed by atoms with Crippen LogP contribution in [0.2, 0.25) is 0 Å². The number of nitrogens with zero attached hydrogens (tertiary/aromatic N) is 3. The average Bonchev–Trinajstić information content (AvgIpc) is 3.40. The number of nitrogens with one attached hydrogen (secondary N) is 3. The molecule has 1 atom stereocenters. The van der Waals surface area contributed by atoms with Crippen molar-refractivity contribution in [1.82, 2.24) is 20.3 Å². The molecule has 1 saturated heterocycles. The highest BCUT2D eigenvalue weighted by Gasteiger charge is 2.30. The summed E-state index contributed by atoms with van der Waals surface area (Å²) in [7, 11) is 0. The van der Waals surface area contributed by atoms with Gasteiger partial charge < -0.3 is 24.5 Å². The molecule has 3 heterocycles. The molecule has 0 radical (unpaired) electrons. The number of hydrogen-bond donors (Lipinski definition) is 3. The molecule has 1 unspecified atom stereocenters. The number of aryl methyl sites for hydroxylation is 2. The molecule has 0 bridgehead atoms. The first-order chi connectivity index (χ1) is 17.8. The van der Waals surface area contributed by atoms with Crippen molar-refractivity contribution in [3.05, 3.63) is 72.4 Å². The Morgan fingerprint density at radius 3 is 2.65 bits per heavy atom. The number of benzene rings is 3. The van der Waals surface area contributed by atoms with Crippen LogP contribution in [0.3, 0.4) is 0 Å². The fourth-order valence-electron chi connectivity index (χ4n) is 4.40. The van der Waals surface area contributed by atoms with Gasteiger partial charge in [-0.15, -0.1) is 0 Å². The summed E-state index contributed by atoms with van der Waals surface area (Å²) < 4.78 is 17.5. The van der Waals surface area contributed by atoms with Gasteiger partial charge in [0.25, 0.3) is 0 Å². The summed E-state index contributed by atoms with van der Waals surface area (Å²) in [5, 5.41) is 11.1. The molecule has 1 fully saturated rings. The Kier molecular flexibility index (Phi) is 5.66. The third kappa shape index (κ3) is 4.91. The summed E-state index contributed by atoms with van der Waals surface area (Å²) in [5.41, 5.74) is 5.09. The maximum atomic E-state index is 6.13. The van der Waals surface area contributed by atoms with E-state index in [9.17, 15) is 0 Å². The van der Waals surface area contributed by atoms with Crippen LogP contribution in [-0.2, 0) is 4.74 Å². The Morgan fingerprint density at radius 1 is 0.973 bits per heavy atom. The molecule has 1 aliphatic heterocycles. The van der Waals surface area contributed by atoms with E-state index in [2.05, 4.69) is 44.7 Å². The van der Waals surface area contributed by atoms with Gasteiger partial charge in [0, 0.05) is 35.3 Å². The summed E-state index contributed by atoms with van der Waals surface area (Å²) in [4.78, 5) is 13.3. The number of rotatable bonds is 6. The molecule has 0 aliphatic carbocycles. The van der Waals surface area contributed by atoms with Crippen molar-refractivity contribution < 1.29 is 13.9 Å². The van der Waals surface area contributed by atoms with E-state index < -0.39 is 0 Å². The highest BCUT2D eigenvalue weighted by atomic mass is 16.5. The summed E-state index contributed by atoms with van der Waals surface area (Å²) in [6, 6.07) is 17.6. The quantitative estimate of drug-likeness (QED) is 0.260. The highest BCUT2D eigenvalue weighted by molar-refractivity contribution is 5.93. The van der Waals surface area contributed by atoms with Crippen LogP contribution in [0.4, 0.5) is 17.2 Å². The van der Waals surface area contributed by atoms with Gasteiger partial charge >= 0.3 is 0 Å². The largest absolute Gasteiger partial charge is 0.457 e. The van der Waals surface area contributed by atoms with Gasteiger partial charge in [-0.1, -0.05) is 0 Å². The second-order valence-electron chi connectivity index (χ2n) is 9.89. The van der Waals surface area contributed by atoms with Crippen LogP contribution in [0, 0.1) is 13.8 Å². The standard InChI is InChI=1S/C28H28N6O3/c1-16-11-18(6-9-24(16)37-20-7-10-25-23(13-20)31-17(2)36-25)32-26-21-12-19(5-8-22(21)29-15-30-26)33-27-34-28(3,4)14-35-27/h5-13,15,27,33-34H,14H2,1-4H3,(H,29,30,32). The van der Waals surface area contributed by atoms with E-state index in [1.807, 2.05) is 68.4 Å². The minimum absolute atomic E-state index is 0.0694. The molecule has 0 spiro atoms. The van der Waals surface area contributed by atoms with E-state index in [-0.39, 0.29) is 11.9 Å². The van der Waals surface area contributed by atoms with Crippen LogP contribution in [0.25, 0.3) is 22.0 Å². The smallest absolute Gasteiger partial charge is 0.192 e. The van der Waals surface area contributed by atoms with E-state index >= 15 is 0 Å². The highest BCUT2D eigenvalue weighted by Crippen LogP contribution is 2.32. The van der Waals surface area contributed by atoms with E-state index in [4.69, 9.17) is 13.9 Å². The van der Waals surface area contributed by atoms with Crippen molar-refractivity contribution in [2.24, 2.45) is 0 Å². The van der Waals surface area contributed by atoms with Crippen molar-refractivity contribution in [3.63, 3.8) is 0 Å². The van der Waals surface area contributed by atoms with Crippen LogP contribution >= 0.6 is 0 Å². The van der Waals surface area contributed by atoms with Crippen LogP contribution in [0.1, 0.15) is 25.3 Å². The Labute approximate surface area is 214 Å². The van der Waals surface area contributed by atoms with E-state index in [1.54, 1.807) is 6.33 Å². The van der Waals surface area contributed by atoms with Gasteiger partial charge in [0.15, 0.2) is 17.8 Å². The molecule has 9 heteroatoms. The third-order valence-electron chi connectivity index (χ3n) is 6.20. The van der Waals surface area contributed by atoms with Gasteiger partial charge in [-0.3, -0.25) is 5.32 Å². The third-order valence-corrected chi connectivity index (χ3v) is 6.20. The molecule has 6 rings (SSSR count). The maximum absolute atomic E-state index is 6.13. The van der Waals surface area contributed by atoms with Crippen LogP contribution in [0.5, 0.6) is 11.5 Å². The number of aromatic nitrogens is 3. The van der Waals surface area contributed by atoms with Gasteiger partial charge in [0.05, 0.1) is 12.1 Å². The van der Waals surface area contributed by atoms with Crippen molar-refractivity contribution >= 4 is 39.2 Å². The zero-order chi connectivity index (χ0) is 25.6. The molecule has 3 N–H and O–H groups in total. The van der Waals surface area contributed by atoms with Gasteiger partial charge in [-0.25, -0.2) is 15.0 Å². The zero-order valence-electron chi connectivity index (χ0n) is 21.1. The minimum Gasteiger partial charge on any atom is -0.457 e. The fraction of sp³-hybridized carbons (Fsp3) is 0.250. The number of ether oxygens (including phenoxy) is 2. The van der Waals surface area contributed by atoms with Gasteiger partial charge in [0.2, 0.25) is 0 Å². The lowest BCUT2D eigenvalue weighted by molar-refractivity contribution is 0.119. The number of hydrogen-bond acceptors (Lipinski definition) is 9. The number of fused-ring (bicyclic) bond motifs is 2. The average molecular weight is 497 g/mol. The van der Waals surface area contributed by atoms with Crippen LogP contribution in [-0.4, -0.2) is 33.4 Å². The normalized spacial score (nSPS) is 16.8. The summed E-state index contributed by atoms with van der Waals surface area (Å²) in [6.07, 6.45) is 1.31. The molecule has 1 aliphatic rings. The molecule has 0 saturated carbocycles. The molecular formula is C28H28N6O3. The first-order valence-electron chi connectivity index (χ1n) is 12.1. The van der Waals surface area contributed by atoms with E-state index in [0.717, 1.165) is 44.7 Å². The molecule has 0 amide bonds. The topological polar surface area (TPSA) is 106 Å². The summed E-state index contributed by atoms with van der Waals surface area (Å²) >= 11 is 0. The van der Waals surface area contributed by atoms with Crippen LogP contribution < -0.4 is 20.7 Å². The van der Waals surface area contributed by atoms with Crippen LogP contribution in [0.15, 0.2) is 65.3 Å². The monoisotopic (exact) mass is 496 g/mol. The first-order valence-corrected chi connectivity index (χ1v) is 12.1. The number of anilines is 3. The molecule has 37 heavy (non-hydrogen) atoms. The Bertz CT molecular complexity index is 1610. The lowest BCUT2D eigenvalue weighted by atomic mass is 10.1. The lowest BCUT2D eigenvalue weighted by Gasteiger charge is -2.19. The second kappa shape index (κ2) is 9.02. The van der Waals surface area contributed by atoms with Crippen molar-refractivity contribution in [1.29, 1.82) is 0 Å². The first kappa shape index (κ1) is 23.2. The summed E-state index contributed by atoms with van der Waals surface area (Å²) in [6.45, 7) is 8.70. The molecule has 188 valence electrons. The Hall–Kier alpha value is -4.21. The Balaban J connectivity index is 1.21. The van der Waals surface area contributed by atoms with E-state index in [1.165, 1.54) is 0 Å². The summed E-state index contributed by atoms with van der Waals surface area (Å²) in [5.74, 6) is 2.81. The Morgan fingerprint density at radius 2 is 1.84 bits per heavy atom. The van der Waals surface area contributed by atoms with E-state index in [0.29, 0.717) is 24.1 Å². The van der Waals surface area contributed by atoms with Gasteiger partial charge in [-0.2, -0.15) is 0 Å². The second-order valence-corrected chi connectivity index (χ2v) is 9.89. The number of oxazole rings is 1. The lowest BCUT2D eigenvalue weighted by Crippen LogP contribution is -2.42. The van der Waals surface area contributed by atoms with Crippen molar-refractivity contribution in [2.45, 2.75) is 39.6 Å². The zero-order valence-corrected chi connectivity index (χ0v) is 21.1. The predicted molar refractivity (Wildman–Crippen MR) is 143 cm³/mol. The molecule has 9 nitrogen and oxygen atoms in total. The molecule has 5 aromatic rings. The molecule has 3 aromatic carbocycles. The fourth-order valence-corrected chi connectivity index (χ4v) is 4.40. The molecule has 2 aromatic heterocycles.